The number of carbonyl (C=O) groups excluding carboxylic acids is 1. The van der Waals surface area contributed by atoms with Gasteiger partial charge in [0.25, 0.3) is 10.0 Å². The SMILES string of the molecule is O=C(O)c1ccc(S(=O)(=O)N2CCCC2C(=O)N2Cc3ccccc3C2)o1. The van der Waals surface area contributed by atoms with E-state index in [0.717, 1.165) is 27.6 Å². The van der Waals surface area contributed by atoms with Crippen LogP contribution in [0.5, 0.6) is 0 Å². The van der Waals surface area contributed by atoms with E-state index in [1.165, 1.54) is 0 Å². The molecular weight excluding hydrogens is 372 g/mol. The molecule has 27 heavy (non-hydrogen) atoms. The maximum Gasteiger partial charge on any atom is 0.371 e. The molecule has 9 heteroatoms. The quantitative estimate of drug-likeness (QED) is 0.851. The number of hydrogen-bond acceptors (Lipinski definition) is 5. The number of aromatic carboxylic acids is 1. The number of carbonyl (C=O) groups is 2. The highest BCUT2D eigenvalue weighted by Gasteiger charge is 2.43. The van der Waals surface area contributed by atoms with Crippen LogP contribution < -0.4 is 0 Å². The molecule has 0 spiro atoms. The zero-order valence-corrected chi connectivity index (χ0v) is 15.2. The number of hydrogen-bond donors (Lipinski definition) is 1. The number of furan rings is 1. The first-order valence-electron chi connectivity index (χ1n) is 8.58. The molecule has 8 nitrogen and oxygen atoms in total. The molecule has 1 N–H and O–H groups in total. The van der Waals surface area contributed by atoms with Crippen LogP contribution in [0.4, 0.5) is 0 Å². The van der Waals surface area contributed by atoms with Gasteiger partial charge in [-0.3, -0.25) is 4.79 Å². The van der Waals surface area contributed by atoms with Crippen LogP contribution in [0.25, 0.3) is 0 Å². The third kappa shape index (κ3) is 3.02. The van der Waals surface area contributed by atoms with E-state index >= 15 is 0 Å². The van der Waals surface area contributed by atoms with Crippen LogP contribution in [0.2, 0.25) is 0 Å². The Labute approximate surface area is 156 Å². The van der Waals surface area contributed by atoms with Crippen molar-refractivity contribution in [3.05, 3.63) is 53.3 Å². The highest BCUT2D eigenvalue weighted by Crippen LogP contribution is 2.31. The molecule has 0 radical (unpaired) electrons. The normalized spacial score (nSPS) is 20.0. The smallest absolute Gasteiger partial charge is 0.371 e. The van der Waals surface area contributed by atoms with Crippen LogP contribution in [-0.4, -0.2) is 47.2 Å². The van der Waals surface area contributed by atoms with Crippen molar-refractivity contribution in [3.8, 4) is 0 Å². The van der Waals surface area contributed by atoms with Crippen molar-refractivity contribution in [2.24, 2.45) is 0 Å². The van der Waals surface area contributed by atoms with Gasteiger partial charge in [0.15, 0.2) is 0 Å². The molecule has 1 atom stereocenters. The van der Waals surface area contributed by atoms with Crippen LogP contribution in [0, 0.1) is 0 Å². The van der Waals surface area contributed by atoms with Crippen molar-refractivity contribution in [2.45, 2.75) is 37.1 Å². The van der Waals surface area contributed by atoms with Gasteiger partial charge < -0.3 is 14.4 Å². The van der Waals surface area contributed by atoms with Gasteiger partial charge in [0.1, 0.15) is 6.04 Å². The molecule has 1 saturated heterocycles. The van der Waals surface area contributed by atoms with E-state index in [1.807, 2.05) is 24.3 Å². The summed E-state index contributed by atoms with van der Waals surface area (Å²) < 4.78 is 31.9. The summed E-state index contributed by atoms with van der Waals surface area (Å²) >= 11 is 0. The number of benzene rings is 1. The molecule has 2 aromatic rings. The molecule has 1 fully saturated rings. The predicted octanol–water partition coefficient (Wildman–Crippen LogP) is 1.67. The fourth-order valence-corrected chi connectivity index (χ4v) is 5.23. The average Bonchev–Trinajstić information content (AvgIpc) is 3.39. The maximum absolute atomic E-state index is 13.0. The lowest BCUT2D eigenvalue weighted by Gasteiger charge is -2.26. The predicted molar refractivity (Wildman–Crippen MR) is 93.3 cm³/mol. The summed E-state index contributed by atoms with van der Waals surface area (Å²) in [5.74, 6) is -2.04. The summed E-state index contributed by atoms with van der Waals surface area (Å²) in [4.78, 5) is 25.6. The topological polar surface area (TPSA) is 108 Å². The summed E-state index contributed by atoms with van der Waals surface area (Å²) in [6.07, 6.45) is 0.986. The molecule has 1 unspecified atom stereocenters. The third-order valence-electron chi connectivity index (χ3n) is 5.00. The summed E-state index contributed by atoms with van der Waals surface area (Å²) in [6, 6.07) is 9.16. The van der Waals surface area contributed by atoms with Crippen molar-refractivity contribution < 1.29 is 27.5 Å². The Morgan fingerprint density at radius 3 is 2.33 bits per heavy atom. The Morgan fingerprint density at radius 2 is 1.74 bits per heavy atom. The van der Waals surface area contributed by atoms with E-state index in [9.17, 15) is 18.0 Å². The first-order chi connectivity index (χ1) is 12.9. The molecular formula is C18H18N2O6S. The molecule has 3 heterocycles. The second-order valence-corrected chi connectivity index (χ2v) is 8.48. The molecule has 2 aliphatic heterocycles. The van der Waals surface area contributed by atoms with Gasteiger partial charge in [-0.2, -0.15) is 4.31 Å². The van der Waals surface area contributed by atoms with Crippen LogP contribution in [-0.2, 0) is 27.9 Å². The van der Waals surface area contributed by atoms with Gasteiger partial charge >= 0.3 is 5.97 Å². The van der Waals surface area contributed by atoms with Gasteiger partial charge in [-0.1, -0.05) is 24.3 Å². The molecule has 0 bridgehead atoms. The van der Waals surface area contributed by atoms with E-state index in [-0.39, 0.29) is 12.5 Å². The van der Waals surface area contributed by atoms with E-state index in [4.69, 9.17) is 9.52 Å². The van der Waals surface area contributed by atoms with Crippen molar-refractivity contribution in [1.29, 1.82) is 0 Å². The van der Waals surface area contributed by atoms with Crippen LogP contribution in [0.1, 0.15) is 34.5 Å². The van der Waals surface area contributed by atoms with Crippen molar-refractivity contribution in [2.75, 3.05) is 6.54 Å². The van der Waals surface area contributed by atoms with E-state index in [0.29, 0.717) is 25.9 Å². The molecule has 1 amide bonds. The number of carboxylic acid groups (broad SMARTS) is 1. The van der Waals surface area contributed by atoms with Gasteiger partial charge in [0.05, 0.1) is 0 Å². The zero-order chi connectivity index (χ0) is 19.2. The second-order valence-electron chi connectivity index (χ2n) is 6.66. The molecule has 142 valence electrons. The maximum atomic E-state index is 13.0. The van der Waals surface area contributed by atoms with Crippen molar-refractivity contribution in [1.82, 2.24) is 9.21 Å². The highest BCUT2D eigenvalue weighted by molar-refractivity contribution is 7.89. The number of carboxylic acids is 1. The first kappa shape index (κ1) is 17.7. The minimum atomic E-state index is -4.09. The number of nitrogens with zero attached hydrogens (tertiary/aromatic N) is 2. The summed E-state index contributed by atoms with van der Waals surface area (Å²) in [6.45, 7) is 1.12. The van der Waals surface area contributed by atoms with Gasteiger partial charge in [-0.05, 0) is 36.1 Å². The molecule has 0 aliphatic carbocycles. The van der Waals surface area contributed by atoms with Gasteiger partial charge in [-0.15, -0.1) is 0 Å². The number of sulfonamides is 1. The minimum Gasteiger partial charge on any atom is -0.475 e. The Kier molecular flexibility index (Phi) is 4.27. The van der Waals surface area contributed by atoms with Gasteiger partial charge in [0.2, 0.25) is 16.8 Å². The van der Waals surface area contributed by atoms with Crippen molar-refractivity contribution >= 4 is 21.9 Å². The first-order valence-corrected chi connectivity index (χ1v) is 10.0. The van der Waals surface area contributed by atoms with Crippen LogP contribution >= 0.6 is 0 Å². The lowest BCUT2D eigenvalue weighted by atomic mass is 10.1. The highest BCUT2D eigenvalue weighted by atomic mass is 32.2. The number of fused-ring (bicyclic) bond motifs is 1. The summed E-state index contributed by atoms with van der Waals surface area (Å²) in [7, 11) is -4.09. The van der Waals surface area contributed by atoms with Crippen LogP contribution in [0.3, 0.4) is 0 Å². The number of amides is 1. The molecule has 0 saturated carbocycles. The minimum absolute atomic E-state index is 0.197. The average molecular weight is 390 g/mol. The van der Waals surface area contributed by atoms with Crippen LogP contribution in [0.15, 0.2) is 45.9 Å². The third-order valence-corrected chi connectivity index (χ3v) is 6.78. The lowest BCUT2D eigenvalue weighted by molar-refractivity contribution is -0.135. The largest absolute Gasteiger partial charge is 0.475 e. The zero-order valence-electron chi connectivity index (χ0n) is 14.4. The molecule has 1 aromatic carbocycles. The Hall–Kier alpha value is -2.65. The number of rotatable bonds is 4. The Balaban J connectivity index is 1.57. The summed E-state index contributed by atoms with van der Waals surface area (Å²) in [5.41, 5.74) is 2.13. The van der Waals surface area contributed by atoms with E-state index < -0.39 is 32.9 Å². The monoisotopic (exact) mass is 390 g/mol. The fraction of sp³-hybridized carbons (Fsp3) is 0.333. The molecule has 4 rings (SSSR count). The summed E-state index contributed by atoms with van der Waals surface area (Å²) in [5, 5.41) is 8.48. The molecule has 1 aromatic heterocycles. The van der Waals surface area contributed by atoms with Gasteiger partial charge in [-0.25, -0.2) is 13.2 Å². The Morgan fingerprint density at radius 1 is 1.07 bits per heavy atom. The standard InChI is InChI=1S/C18H18N2O6S/c21-17(19-10-12-4-1-2-5-13(12)11-19)14-6-3-9-20(14)27(24,25)16-8-7-15(26-16)18(22)23/h1-2,4-5,7-8,14H,3,6,9-11H2,(H,22,23). The Bertz CT molecular complexity index is 987. The second kappa shape index (κ2) is 6.50. The fourth-order valence-electron chi connectivity index (χ4n) is 3.66. The van der Waals surface area contributed by atoms with E-state index in [2.05, 4.69) is 0 Å². The van der Waals surface area contributed by atoms with Gasteiger partial charge in [0, 0.05) is 19.6 Å². The lowest BCUT2D eigenvalue weighted by Crippen LogP contribution is -2.46. The van der Waals surface area contributed by atoms with Crippen molar-refractivity contribution in [3.63, 3.8) is 0 Å². The van der Waals surface area contributed by atoms with E-state index in [1.54, 1.807) is 4.90 Å². The molecule has 2 aliphatic rings.